The summed E-state index contributed by atoms with van der Waals surface area (Å²) in [5.41, 5.74) is 2.56. The Bertz CT molecular complexity index is 78.2. The molecule has 0 aromatic carbocycles. The lowest BCUT2D eigenvalue weighted by atomic mass is 10.3. The number of aliphatic hydroxyl groups excluding tert-OH is 1. The molecule has 1 heteroatoms. The van der Waals surface area contributed by atoms with Crippen LogP contribution in [-0.4, -0.2) is 11.2 Å². The Balaban J connectivity index is 3.13. The van der Waals surface area contributed by atoms with Crippen molar-refractivity contribution in [3.05, 3.63) is 18.4 Å². The van der Waals surface area contributed by atoms with Crippen LogP contribution in [0.5, 0.6) is 0 Å². The lowest BCUT2D eigenvalue weighted by molar-refractivity contribution is 0.198. The van der Waals surface area contributed by atoms with E-state index in [-0.39, 0.29) is 6.10 Å². The van der Waals surface area contributed by atoms with Crippen LogP contribution in [0.15, 0.2) is 18.4 Å². The fourth-order valence-electron chi connectivity index (χ4n) is 0.254. The van der Waals surface area contributed by atoms with Gasteiger partial charge in [-0.3, -0.25) is 0 Å². The molecule has 1 atom stereocenters. The Kier molecular flexibility index (Phi) is 3.39. The SMILES string of the molecule is C=C=CC[C@@H](C)O. The summed E-state index contributed by atoms with van der Waals surface area (Å²) >= 11 is 0. The van der Waals surface area contributed by atoms with Crippen LogP contribution in [0.3, 0.4) is 0 Å². The predicted molar refractivity (Wildman–Crippen MR) is 30.0 cm³/mol. The molecule has 0 spiro atoms. The second-order valence-electron chi connectivity index (χ2n) is 1.49. The average molecular weight is 98.1 g/mol. The molecule has 0 saturated heterocycles. The summed E-state index contributed by atoms with van der Waals surface area (Å²) in [5, 5.41) is 8.58. The van der Waals surface area contributed by atoms with Gasteiger partial charge in [-0.25, -0.2) is 0 Å². The van der Waals surface area contributed by atoms with Crippen molar-refractivity contribution in [2.24, 2.45) is 0 Å². The lowest BCUT2D eigenvalue weighted by Gasteiger charge is -1.92. The van der Waals surface area contributed by atoms with Gasteiger partial charge in [0.2, 0.25) is 0 Å². The molecule has 0 saturated carbocycles. The second-order valence-corrected chi connectivity index (χ2v) is 1.49. The fourth-order valence-corrected chi connectivity index (χ4v) is 0.254. The Labute approximate surface area is 44.0 Å². The third-order valence-electron chi connectivity index (χ3n) is 0.603. The first-order chi connectivity index (χ1) is 3.27. The van der Waals surface area contributed by atoms with Crippen molar-refractivity contribution >= 4 is 0 Å². The largest absolute Gasteiger partial charge is 0.393 e. The highest BCUT2D eigenvalue weighted by Crippen LogP contribution is 1.87. The Morgan fingerprint density at radius 1 is 2.00 bits per heavy atom. The molecule has 0 heterocycles. The molecule has 0 radical (unpaired) electrons. The van der Waals surface area contributed by atoms with Crippen molar-refractivity contribution < 1.29 is 5.11 Å². The minimum Gasteiger partial charge on any atom is -0.393 e. The molecule has 0 aliphatic rings. The van der Waals surface area contributed by atoms with E-state index in [1.807, 2.05) is 0 Å². The van der Waals surface area contributed by atoms with Gasteiger partial charge in [-0.05, 0) is 19.4 Å². The minimum absolute atomic E-state index is 0.255. The van der Waals surface area contributed by atoms with Crippen molar-refractivity contribution in [1.82, 2.24) is 0 Å². The van der Waals surface area contributed by atoms with E-state index in [4.69, 9.17) is 5.11 Å². The van der Waals surface area contributed by atoms with Crippen LogP contribution < -0.4 is 0 Å². The Morgan fingerprint density at radius 2 is 2.57 bits per heavy atom. The zero-order valence-electron chi connectivity index (χ0n) is 4.52. The number of hydrogen-bond acceptors (Lipinski definition) is 1. The van der Waals surface area contributed by atoms with E-state index in [1.54, 1.807) is 13.0 Å². The van der Waals surface area contributed by atoms with E-state index in [1.165, 1.54) is 0 Å². The van der Waals surface area contributed by atoms with Gasteiger partial charge in [0.25, 0.3) is 0 Å². The van der Waals surface area contributed by atoms with Crippen molar-refractivity contribution in [2.45, 2.75) is 19.4 Å². The smallest absolute Gasteiger partial charge is 0.0552 e. The van der Waals surface area contributed by atoms with Gasteiger partial charge in [-0.1, -0.05) is 6.58 Å². The Morgan fingerprint density at radius 3 is 2.71 bits per heavy atom. The molecule has 1 nitrogen and oxygen atoms in total. The van der Waals surface area contributed by atoms with E-state index in [2.05, 4.69) is 12.3 Å². The maximum Gasteiger partial charge on any atom is 0.0552 e. The summed E-state index contributed by atoms with van der Waals surface area (Å²) in [7, 11) is 0. The standard InChI is InChI=1S/C6H10O/c1-3-4-5-6(2)7/h4,6-7H,1,5H2,2H3/t6-/m1/s1. The summed E-state index contributed by atoms with van der Waals surface area (Å²) in [6, 6.07) is 0. The number of hydrogen-bond donors (Lipinski definition) is 1. The van der Waals surface area contributed by atoms with Crippen molar-refractivity contribution in [1.29, 1.82) is 0 Å². The van der Waals surface area contributed by atoms with Crippen LogP contribution in [0.4, 0.5) is 0 Å². The van der Waals surface area contributed by atoms with E-state index in [0.717, 1.165) is 0 Å². The normalized spacial score (nSPS) is 12.3. The third-order valence-corrected chi connectivity index (χ3v) is 0.603. The summed E-state index contributed by atoms with van der Waals surface area (Å²) in [6.45, 7) is 5.07. The van der Waals surface area contributed by atoms with Gasteiger partial charge in [0, 0.05) is 0 Å². The summed E-state index contributed by atoms with van der Waals surface area (Å²) in [5.74, 6) is 0. The third kappa shape index (κ3) is 5.48. The number of aliphatic hydroxyl groups is 1. The summed E-state index contributed by atoms with van der Waals surface area (Å²) in [6.07, 6.45) is 2.11. The Hall–Kier alpha value is -0.520. The van der Waals surface area contributed by atoms with Gasteiger partial charge in [-0.2, -0.15) is 0 Å². The van der Waals surface area contributed by atoms with Gasteiger partial charge in [0.15, 0.2) is 0 Å². The first kappa shape index (κ1) is 6.48. The van der Waals surface area contributed by atoms with Crippen LogP contribution in [0.1, 0.15) is 13.3 Å². The monoisotopic (exact) mass is 98.1 g/mol. The second kappa shape index (κ2) is 3.66. The molecular formula is C6H10O. The highest BCUT2D eigenvalue weighted by Gasteiger charge is 1.85. The van der Waals surface area contributed by atoms with Gasteiger partial charge in [-0.15, -0.1) is 5.73 Å². The first-order valence-electron chi connectivity index (χ1n) is 2.29. The van der Waals surface area contributed by atoms with Crippen LogP contribution in [0.25, 0.3) is 0 Å². The molecule has 7 heavy (non-hydrogen) atoms. The molecule has 0 bridgehead atoms. The van der Waals surface area contributed by atoms with Crippen LogP contribution >= 0.6 is 0 Å². The van der Waals surface area contributed by atoms with Crippen LogP contribution in [0, 0.1) is 0 Å². The highest BCUT2D eigenvalue weighted by molar-refractivity contribution is 4.77. The molecular weight excluding hydrogens is 88.1 g/mol. The quantitative estimate of drug-likeness (QED) is 0.513. The highest BCUT2D eigenvalue weighted by atomic mass is 16.3. The van der Waals surface area contributed by atoms with Gasteiger partial charge < -0.3 is 5.11 Å². The molecule has 0 aromatic rings. The van der Waals surface area contributed by atoms with Crippen molar-refractivity contribution in [3.63, 3.8) is 0 Å². The molecule has 0 unspecified atom stereocenters. The van der Waals surface area contributed by atoms with Gasteiger partial charge in [0.05, 0.1) is 6.10 Å². The van der Waals surface area contributed by atoms with Crippen LogP contribution in [-0.2, 0) is 0 Å². The van der Waals surface area contributed by atoms with Crippen LogP contribution in [0.2, 0.25) is 0 Å². The maximum atomic E-state index is 8.58. The minimum atomic E-state index is -0.255. The zero-order valence-corrected chi connectivity index (χ0v) is 4.52. The average Bonchev–Trinajstić information content (AvgIpc) is 1.61. The molecule has 0 aliphatic heterocycles. The molecule has 0 rings (SSSR count). The fraction of sp³-hybridized carbons (Fsp3) is 0.500. The summed E-state index contributed by atoms with van der Waals surface area (Å²) < 4.78 is 0. The lowest BCUT2D eigenvalue weighted by Crippen LogP contribution is -1.94. The number of rotatable bonds is 2. The molecule has 40 valence electrons. The molecule has 1 N–H and O–H groups in total. The topological polar surface area (TPSA) is 20.2 Å². The predicted octanol–water partition coefficient (Wildman–Crippen LogP) is 1.10. The first-order valence-corrected chi connectivity index (χ1v) is 2.29. The van der Waals surface area contributed by atoms with Crippen molar-refractivity contribution in [3.8, 4) is 0 Å². The van der Waals surface area contributed by atoms with Crippen molar-refractivity contribution in [2.75, 3.05) is 0 Å². The van der Waals surface area contributed by atoms with Gasteiger partial charge in [0.1, 0.15) is 0 Å². The zero-order chi connectivity index (χ0) is 5.70. The molecule has 0 aliphatic carbocycles. The van der Waals surface area contributed by atoms with E-state index in [0.29, 0.717) is 6.42 Å². The van der Waals surface area contributed by atoms with Gasteiger partial charge >= 0.3 is 0 Å². The molecule has 0 aromatic heterocycles. The van der Waals surface area contributed by atoms with E-state index < -0.39 is 0 Å². The van der Waals surface area contributed by atoms with E-state index in [9.17, 15) is 0 Å². The molecule has 0 amide bonds. The maximum absolute atomic E-state index is 8.58. The molecule has 0 fully saturated rings. The van der Waals surface area contributed by atoms with E-state index >= 15 is 0 Å². The summed E-state index contributed by atoms with van der Waals surface area (Å²) in [4.78, 5) is 0.